The van der Waals surface area contributed by atoms with Gasteiger partial charge in [-0.15, -0.1) is 0 Å². The Morgan fingerprint density at radius 3 is 2.50 bits per heavy atom. The van der Waals surface area contributed by atoms with E-state index in [4.69, 9.17) is 0 Å². The Balaban J connectivity index is 1.93. The Bertz CT molecular complexity index is 846. The Kier molecular flexibility index (Phi) is 6.32. The SMILES string of the molecule is CCc1ccccc1NC(=O)C/C(C)=N\NC(=O)c1ccc(O)c(O)c1. The summed E-state index contributed by atoms with van der Waals surface area (Å²) in [5.74, 6) is -1.50. The molecule has 2 aromatic carbocycles. The third-order valence-corrected chi connectivity index (χ3v) is 3.67. The Morgan fingerprint density at radius 2 is 1.81 bits per heavy atom. The van der Waals surface area contributed by atoms with Crippen LogP contribution in [0.1, 0.15) is 36.2 Å². The van der Waals surface area contributed by atoms with Crippen LogP contribution in [0.4, 0.5) is 5.69 Å². The third kappa shape index (κ3) is 5.07. The van der Waals surface area contributed by atoms with Gasteiger partial charge in [0, 0.05) is 17.0 Å². The molecule has 0 heterocycles. The molecule has 7 heteroatoms. The van der Waals surface area contributed by atoms with Gasteiger partial charge in [-0.1, -0.05) is 25.1 Å². The predicted molar refractivity (Wildman–Crippen MR) is 99.4 cm³/mol. The van der Waals surface area contributed by atoms with Gasteiger partial charge in [-0.05, 0) is 43.2 Å². The highest BCUT2D eigenvalue weighted by molar-refractivity contribution is 6.06. The second-order valence-electron chi connectivity index (χ2n) is 5.73. The minimum Gasteiger partial charge on any atom is -0.504 e. The zero-order valence-electron chi connectivity index (χ0n) is 14.6. The van der Waals surface area contributed by atoms with Crippen molar-refractivity contribution in [3.05, 3.63) is 53.6 Å². The number of carbonyl (C=O) groups excluding carboxylic acids is 2. The summed E-state index contributed by atoms with van der Waals surface area (Å²) in [6.45, 7) is 3.63. The number of rotatable bonds is 6. The van der Waals surface area contributed by atoms with Crippen LogP contribution in [0.15, 0.2) is 47.6 Å². The highest BCUT2D eigenvalue weighted by atomic mass is 16.3. The number of hydrazone groups is 1. The first-order chi connectivity index (χ1) is 12.4. The van der Waals surface area contributed by atoms with Gasteiger partial charge in [0.2, 0.25) is 5.91 Å². The molecule has 0 saturated carbocycles. The van der Waals surface area contributed by atoms with Crippen molar-refractivity contribution in [2.24, 2.45) is 5.10 Å². The normalized spacial score (nSPS) is 11.1. The van der Waals surface area contributed by atoms with E-state index in [9.17, 15) is 19.8 Å². The molecule has 0 radical (unpaired) electrons. The van der Waals surface area contributed by atoms with E-state index in [0.29, 0.717) is 5.71 Å². The number of aryl methyl sites for hydroxylation is 1. The molecule has 0 unspecified atom stereocenters. The fraction of sp³-hybridized carbons (Fsp3) is 0.211. The van der Waals surface area contributed by atoms with Crippen molar-refractivity contribution < 1.29 is 19.8 Å². The summed E-state index contributed by atoms with van der Waals surface area (Å²) in [7, 11) is 0. The lowest BCUT2D eigenvalue weighted by Gasteiger charge is -2.09. The maximum absolute atomic E-state index is 12.1. The second kappa shape index (κ2) is 8.66. The Hall–Kier alpha value is -3.35. The number of amides is 2. The molecule has 2 aromatic rings. The van der Waals surface area contributed by atoms with Gasteiger partial charge in [0.15, 0.2) is 11.5 Å². The Labute approximate surface area is 151 Å². The fourth-order valence-electron chi connectivity index (χ4n) is 2.29. The number of hydrogen-bond acceptors (Lipinski definition) is 5. The van der Waals surface area contributed by atoms with Gasteiger partial charge in [0.05, 0.1) is 6.42 Å². The van der Waals surface area contributed by atoms with Crippen molar-refractivity contribution >= 4 is 23.2 Å². The standard InChI is InChI=1S/C19H21N3O4/c1-3-13-6-4-5-7-15(13)20-18(25)10-12(2)21-22-19(26)14-8-9-16(23)17(24)11-14/h4-9,11,23-24H,3,10H2,1-2H3,(H,20,25)(H,22,26)/b21-12-. The number of anilines is 1. The van der Waals surface area contributed by atoms with Crippen LogP contribution in [0.5, 0.6) is 11.5 Å². The number of para-hydroxylation sites is 1. The lowest BCUT2D eigenvalue weighted by molar-refractivity contribution is -0.115. The number of nitrogens with one attached hydrogen (secondary N) is 2. The molecule has 0 fully saturated rings. The first-order valence-corrected chi connectivity index (χ1v) is 8.14. The van der Waals surface area contributed by atoms with Crippen LogP contribution in [-0.2, 0) is 11.2 Å². The maximum Gasteiger partial charge on any atom is 0.271 e. The summed E-state index contributed by atoms with van der Waals surface area (Å²) in [6, 6.07) is 11.2. The van der Waals surface area contributed by atoms with Crippen LogP contribution in [0, 0.1) is 0 Å². The average Bonchev–Trinajstić information content (AvgIpc) is 2.62. The molecule has 4 N–H and O–H groups in total. The number of phenolic OH excluding ortho intramolecular Hbond substituents is 2. The van der Waals surface area contributed by atoms with Gasteiger partial charge in [0.1, 0.15) is 0 Å². The maximum atomic E-state index is 12.1. The summed E-state index contributed by atoms with van der Waals surface area (Å²) >= 11 is 0. The molecule has 136 valence electrons. The number of benzene rings is 2. The van der Waals surface area contributed by atoms with Crippen LogP contribution in [0.25, 0.3) is 0 Å². The van der Waals surface area contributed by atoms with E-state index < -0.39 is 11.7 Å². The molecule has 0 spiro atoms. The highest BCUT2D eigenvalue weighted by Gasteiger charge is 2.10. The summed E-state index contributed by atoms with van der Waals surface area (Å²) < 4.78 is 0. The lowest BCUT2D eigenvalue weighted by Crippen LogP contribution is -2.21. The van der Waals surface area contributed by atoms with Gasteiger partial charge in [-0.2, -0.15) is 5.10 Å². The van der Waals surface area contributed by atoms with Gasteiger partial charge in [-0.25, -0.2) is 5.43 Å². The van der Waals surface area contributed by atoms with Crippen LogP contribution in [0.3, 0.4) is 0 Å². The largest absolute Gasteiger partial charge is 0.504 e. The number of nitrogens with zero attached hydrogens (tertiary/aromatic N) is 1. The van der Waals surface area contributed by atoms with Gasteiger partial charge >= 0.3 is 0 Å². The number of aromatic hydroxyl groups is 2. The molecule has 0 aliphatic rings. The molecule has 0 aromatic heterocycles. The van der Waals surface area contributed by atoms with E-state index in [-0.39, 0.29) is 23.6 Å². The van der Waals surface area contributed by atoms with Crippen molar-refractivity contribution in [3.8, 4) is 11.5 Å². The molecule has 26 heavy (non-hydrogen) atoms. The van der Waals surface area contributed by atoms with E-state index in [2.05, 4.69) is 15.8 Å². The zero-order chi connectivity index (χ0) is 19.1. The average molecular weight is 355 g/mol. The molecule has 0 atom stereocenters. The summed E-state index contributed by atoms with van der Waals surface area (Å²) in [4.78, 5) is 24.1. The molecule has 0 bridgehead atoms. The van der Waals surface area contributed by atoms with Crippen LogP contribution in [-0.4, -0.2) is 27.7 Å². The third-order valence-electron chi connectivity index (χ3n) is 3.67. The molecule has 0 saturated heterocycles. The Morgan fingerprint density at radius 1 is 1.08 bits per heavy atom. The molecule has 7 nitrogen and oxygen atoms in total. The molecular formula is C19H21N3O4. The van der Waals surface area contributed by atoms with Gasteiger partial charge in [-0.3, -0.25) is 9.59 Å². The van der Waals surface area contributed by atoms with Crippen LogP contribution < -0.4 is 10.7 Å². The minimum absolute atomic E-state index is 0.0269. The van der Waals surface area contributed by atoms with E-state index >= 15 is 0 Å². The topological polar surface area (TPSA) is 111 Å². The molecule has 2 amide bonds. The monoisotopic (exact) mass is 355 g/mol. The number of hydrogen-bond donors (Lipinski definition) is 4. The molecule has 2 rings (SSSR count). The quantitative estimate of drug-likeness (QED) is 0.363. The molecular weight excluding hydrogens is 334 g/mol. The number of phenols is 2. The van der Waals surface area contributed by atoms with Crippen molar-refractivity contribution in [2.75, 3.05) is 5.32 Å². The summed E-state index contributed by atoms with van der Waals surface area (Å²) in [5.41, 5.74) is 4.67. The van der Waals surface area contributed by atoms with E-state index in [1.165, 1.54) is 12.1 Å². The van der Waals surface area contributed by atoms with E-state index in [1.54, 1.807) is 6.92 Å². The van der Waals surface area contributed by atoms with Crippen molar-refractivity contribution in [1.82, 2.24) is 5.43 Å². The highest BCUT2D eigenvalue weighted by Crippen LogP contribution is 2.24. The van der Waals surface area contributed by atoms with Crippen molar-refractivity contribution in [1.29, 1.82) is 0 Å². The fourth-order valence-corrected chi connectivity index (χ4v) is 2.29. The van der Waals surface area contributed by atoms with Gasteiger partial charge < -0.3 is 15.5 Å². The molecule has 0 aliphatic carbocycles. The first kappa shape index (κ1) is 19.0. The number of carbonyl (C=O) groups is 2. The predicted octanol–water partition coefficient (Wildman–Crippen LogP) is 2.79. The lowest BCUT2D eigenvalue weighted by atomic mass is 10.1. The minimum atomic E-state index is -0.559. The second-order valence-corrected chi connectivity index (χ2v) is 5.73. The summed E-state index contributed by atoms with van der Waals surface area (Å²) in [5, 5.41) is 25.4. The zero-order valence-corrected chi connectivity index (χ0v) is 14.6. The van der Waals surface area contributed by atoms with Crippen molar-refractivity contribution in [2.45, 2.75) is 26.7 Å². The van der Waals surface area contributed by atoms with Crippen LogP contribution >= 0.6 is 0 Å². The van der Waals surface area contributed by atoms with E-state index in [1.807, 2.05) is 31.2 Å². The first-order valence-electron chi connectivity index (χ1n) is 8.14. The summed E-state index contributed by atoms with van der Waals surface area (Å²) in [6.07, 6.45) is 0.832. The smallest absolute Gasteiger partial charge is 0.271 e. The van der Waals surface area contributed by atoms with Crippen LogP contribution in [0.2, 0.25) is 0 Å². The van der Waals surface area contributed by atoms with Crippen molar-refractivity contribution in [3.63, 3.8) is 0 Å². The van der Waals surface area contributed by atoms with E-state index in [0.717, 1.165) is 23.7 Å². The molecule has 0 aliphatic heterocycles. The van der Waals surface area contributed by atoms with Gasteiger partial charge in [0.25, 0.3) is 5.91 Å².